The zero-order valence-corrected chi connectivity index (χ0v) is 12.2. The Morgan fingerprint density at radius 1 is 1.43 bits per heavy atom. The highest BCUT2D eigenvalue weighted by Gasteiger charge is 2.31. The van der Waals surface area contributed by atoms with Crippen LogP contribution in [0.15, 0.2) is 9.98 Å². The molecule has 2 heterocycles. The highest BCUT2D eigenvalue weighted by molar-refractivity contribution is 5.95. The van der Waals surface area contributed by atoms with E-state index in [9.17, 15) is 19.2 Å². The molecule has 2 rings (SSSR count). The molecular formula is C13H17N5O5. The molecule has 2 aliphatic heterocycles. The third-order valence-electron chi connectivity index (χ3n) is 3.42. The van der Waals surface area contributed by atoms with E-state index in [4.69, 9.17) is 5.11 Å². The van der Waals surface area contributed by atoms with E-state index in [1.807, 2.05) is 0 Å². The van der Waals surface area contributed by atoms with E-state index in [0.29, 0.717) is 6.42 Å². The fourth-order valence-corrected chi connectivity index (χ4v) is 2.26. The predicted molar refractivity (Wildman–Crippen MR) is 79.1 cm³/mol. The number of nitrogens with one attached hydrogen (secondary N) is 3. The van der Waals surface area contributed by atoms with Gasteiger partial charge in [-0.15, -0.1) is 0 Å². The lowest BCUT2D eigenvalue weighted by Gasteiger charge is -2.21. The lowest BCUT2D eigenvalue weighted by Crippen LogP contribution is -2.53. The maximum absolute atomic E-state index is 12.1. The summed E-state index contributed by atoms with van der Waals surface area (Å²) < 4.78 is 0. The van der Waals surface area contributed by atoms with Gasteiger partial charge in [-0.3, -0.25) is 24.2 Å². The van der Waals surface area contributed by atoms with Crippen molar-refractivity contribution in [2.75, 3.05) is 6.54 Å². The first kappa shape index (κ1) is 16.6. The number of rotatable bonds is 7. The molecule has 3 unspecified atom stereocenters. The van der Waals surface area contributed by atoms with Crippen LogP contribution in [0.25, 0.3) is 0 Å². The van der Waals surface area contributed by atoms with Crippen LogP contribution in [-0.2, 0) is 19.2 Å². The third kappa shape index (κ3) is 4.87. The van der Waals surface area contributed by atoms with E-state index >= 15 is 0 Å². The number of hydrogen-bond donors (Lipinski definition) is 4. The maximum atomic E-state index is 12.1. The molecule has 0 spiro atoms. The van der Waals surface area contributed by atoms with Crippen LogP contribution in [0.2, 0.25) is 0 Å². The Labute approximate surface area is 131 Å². The summed E-state index contributed by atoms with van der Waals surface area (Å²) in [4.78, 5) is 53.7. The van der Waals surface area contributed by atoms with E-state index in [0.717, 1.165) is 0 Å². The van der Waals surface area contributed by atoms with Crippen molar-refractivity contribution in [2.45, 2.75) is 37.4 Å². The minimum Gasteiger partial charge on any atom is -0.480 e. The number of aliphatic imine (C=N–C) groups is 2. The molecule has 0 aromatic rings. The quantitative estimate of drug-likeness (QED) is 0.420. The first-order valence-electron chi connectivity index (χ1n) is 7.10. The first-order chi connectivity index (χ1) is 11.0. The largest absolute Gasteiger partial charge is 0.480 e. The summed E-state index contributed by atoms with van der Waals surface area (Å²) in [6.45, 7) is -0.548. The highest BCUT2D eigenvalue weighted by atomic mass is 16.4. The molecule has 10 heteroatoms. The minimum absolute atomic E-state index is 0.151. The van der Waals surface area contributed by atoms with Gasteiger partial charge in [-0.25, -0.2) is 4.99 Å². The van der Waals surface area contributed by atoms with E-state index in [1.165, 1.54) is 12.6 Å². The van der Waals surface area contributed by atoms with Crippen LogP contribution in [0.5, 0.6) is 0 Å². The number of carboxylic acids is 1. The molecule has 10 nitrogen and oxygen atoms in total. The summed E-state index contributed by atoms with van der Waals surface area (Å²) in [5.41, 5.74) is 0. The molecule has 3 atom stereocenters. The van der Waals surface area contributed by atoms with Gasteiger partial charge in [-0.05, 0) is 6.42 Å². The average Bonchev–Trinajstić information content (AvgIpc) is 3.15. The smallest absolute Gasteiger partial charge is 0.322 e. The fraction of sp³-hybridized carbons (Fsp3) is 0.538. The molecule has 0 aromatic carbocycles. The number of carboxylic acid groups (broad SMARTS) is 1. The van der Waals surface area contributed by atoms with E-state index in [1.54, 1.807) is 0 Å². The van der Waals surface area contributed by atoms with Gasteiger partial charge in [-0.1, -0.05) is 0 Å². The molecule has 0 aromatic heterocycles. The number of carbonyl (C=O) groups excluding carboxylic acids is 3. The molecule has 3 amide bonds. The molecular weight excluding hydrogens is 306 g/mol. The molecule has 0 saturated carbocycles. The summed E-state index contributed by atoms with van der Waals surface area (Å²) in [6.07, 6.45) is 3.64. The number of hydrogen-bond acceptors (Lipinski definition) is 6. The second-order valence-electron chi connectivity index (χ2n) is 5.20. The van der Waals surface area contributed by atoms with Gasteiger partial charge in [0.05, 0.1) is 6.04 Å². The van der Waals surface area contributed by atoms with Crippen LogP contribution in [0.1, 0.15) is 19.3 Å². The second kappa shape index (κ2) is 7.47. The van der Waals surface area contributed by atoms with E-state index in [2.05, 4.69) is 25.9 Å². The van der Waals surface area contributed by atoms with Crippen molar-refractivity contribution < 1.29 is 24.3 Å². The summed E-state index contributed by atoms with van der Waals surface area (Å²) in [6, 6.07) is -2.02. The molecule has 2 aliphatic rings. The van der Waals surface area contributed by atoms with Gasteiger partial charge < -0.3 is 21.1 Å². The first-order valence-corrected chi connectivity index (χ1v) is 7.10. The van der Waals surface area contributed by atoms with E-state index < -0.39 is 36.4 Å². The number of nitrogens with zero attached hydrogens (tertiary/aromatic N) is 2. The summed E-state index contributed by atoms with van der Waals surface area (Å²) in [5.74, 6) is -2.51. The number of carbonyl (C=O) groups is 4. The van der Waals surface area contributed by atoms with Gasteiger partial charge in [0.25, 0.3) is 0 Å². The number of amides is 3. The van der Waals surface area contributed by atoms with Crippen LogP contribution >= 0.6 is 0 Å². The van der Waals surface area contributed by atoms with Crippen molar-refractivity contribution in [3.63, 3.8) is 0 Å². The van der Waals surface area contributed by atoms with Crippen molar-refractivity contribution >= 4 is 36.2 Å². The third-order valence-corrected chi connectivity index (χ3v) is 3.42. The topological polar surface area (TPSA) is 149 Å². The van der Waals surface area contributed by atoms with Crippen molar-refractivity contribution in [1.29, 1.82) is 0 Å². The normalized spacial score (nSPS) is 23.4. The van der Waals surface area contributed by atoms with Crippen molar-refractivity contribution in [3.8, 4) is 0 Å². The van der Waals surface area contributed by atoms with Gasteiger partial charge in [0.2, 0.25) is 17.7 Å². The maximum Gasteiger partial charge on any atom is 0.322 e. The average molecular weight is 323 g/mol. The Morgan fingerprint density at radius 2 is 2.22 bits per heavy atom. The Balaban J connectivity index is 1.96. The predicted octanol–water partition coefficient (Wildman–Crippen LogP) is -2.18. The molecule has 4 N–H and O–H groups in total. The minimum atomic E-state index is -1.19. The van der Waals surface area contributed by atoms with Crippen LogP contribution in [-0.4, -0.2) is 66.0 Å². The van der Waals surface area contributed by atoms with Gasteiger partial charge >= 0.3 is 5.97 Å². The number of aliphatic carboxylic acids is 1. The van der Waals surface area contributed by atoms with Crippen molar-refractivity contribution in [2.24, 2.45) is 9.98 Å². The van der Waals surface area contributed by atoms with Gasteiger partial charge in [0.1, 0.15) is 25.0 Å². The van der Waals surface area contributed by atoms with Gasteiger partial charge in [0, 0.05) is 19.1 Å². The summed E-state index contributed by atoms with van der Waals surface area (Å²) in [7, 11) is 0. The monoisotopic (exact) mass is 323 g/mol. The molecule has 0 aliphatic carbocycles. The SMILES string of the molecule is O=C(O)CNC(=O)C(CC1C=NC=N1)NC(=O)C1CCC(=O)N1. The van der Waals surface area contributed by atoms with E-state index in [-0.39, 0.29) is 24.8 Å². The van der Waals surface area contributed by atoms with Crippen molar-refractivity contribution in [1.82, 2.24) is 16.0 Å². The Bertz CT molecular complexity index is 561. The summed E-state index contributed by atoms with van der Waals surface area (Å²) in [5, 5.41) is 15.9. The lowest BCUT2D eigenvalue weighted by molar-refractivity contribution is -0.138. The van der Waals surface area contributed by atoms with Crippen molar-refractivity contribution in [3.05, 3.63) is 0 Å². The van der Waals surface area contributed by atoms with Crippen LogP contribution in [0, 0.1) is 0 Å². The Kier molecular flexibility index (Phi) is 5.39. The zero-order chi connectivity index (χ0) is 16.8. The fourth-order valence-electron chi connectivity index (χ4n) is 2.26. The Hall–Kier alpha value is -2.78. The van der Waals surface area contributed by atoms with Gasteiger partial charge in [0.15, 0.2) is 0 Å². The standard InChI is InChI=1S/C13H17N5O5/c19-10-2-1-8(17-10)13(23)18-9(3-7-4-14-6-16-7)12(22)15-5-11(20)21/h4,6-9H,1-3,5H2,(H,15,22)(H,17,19)(H,18,23)(H,20,21). The zero-order valence-electron chi connectivity index (χ0n) is 12.2. The molecule has 0 bridgehead atoms. The molecule has 1 saturated heterocycles. The lowest BCUT2D eigenvalue weighted by atomic mass is 10.1. The second-order valence-corrected chi connectivity index (χ2v) is 5.20. The Morgan fingerprint density at radius 3 is 2.78 bits per heavy atom. The van der Waals surface area contributed by atoms with Crippen LogP contribution in [0.4, 0.5) is 0 Å². The molecule has 23 heavy (non-hydrogen) atoms. The van der Waals surface area contributed by atoms with Gasteiger partial charge in [-0.2, -0.15) is 0 Å². The van der Waals surface area contributed by atoms with Crippen LogP contribution in [0.3, 0.4) is 0 Å². The highest BCUT2D eigenvalue weighted by Crippen LogP contribution is 2.09. The summed E-state index contributed by atoms with van der Waals surface area (Å²) >= 11 is 0. The molecule has 0 radical (unpaired) electrons. The molecule has 1 fully saturated rings. The van der Waals surface area contributed by atoms with Crippen LogP contribution < -0.4 is 16.0 Å². The molecule has 124 valence electrons.